The molecule has 0 aliphatic heterocycles. The summed E-state index contributed by atoms with van der Waals surface area (Å²) in [7, 11) is 5.94. The second-order valence-corrected chi connectivity index (χ2v) is 8.46. The molecule has 1 amide bonds. The third kappa shape index (κ3) is 28.0. The maximum atomic E-state index is 10.5. The number of halogens is 1. The molecule has 0 rings (SSSR count). The Morgan fingerprint density at radius 3 is 1.33 bits per heavy atom. The monoisotopic (exact) mass is 408 g/mol. The molecule has 0 heterocycles. The number of carbonyl (C=O) groups is 1. The van der Waals surface area contributed by atoms with Crippen molar-refractivity contribution in [2.75, 3.05) is 21.1 Å². The van der Waals surface area contributed by atoms with Crippen LogP contribution in [0, 0.1) is 0 Å². The summed E-state index contributed by atoms with van der Waals surface area (Å²) in [5.74, 6) is -0.155. The lowest BCUT2D eigenvalue weighted by Crippen LogP contribution is -3.00. The Morgan fingerprint density at radius 2 is 1.11 bits per heavy atom. The first-order valence-corrected chi connectivity index (χ1v) is 11.0. The molecule has 0 bridgehead atoms. The summed E-state index contributed by atoms with van der Waals surface area (Å²) in [4.78, 5) is 10.5. The summed E-state index contributed by atoms with van der Waals surface area (Å²) in [5, 5.41) is 9.17. The van der Waals surface area contributed by atoms with Crippen LogP contribution >= 0.6 is 0 Å². The first kappa shape index (κ1) is 31.4. The Balaban J connectivity index is -0.000000542. The van der Waals surface area contributed by atoms with Crippen LogP contribution in [-0.2, 0) is 4.79 Å². The molecule has 0 aliphatic rings. The van der Waals surface area contributed by atoms with Gasteiger partial charge >= 0.3 is 0 Å². The maximum absolute atomic E-state index is 10.5. The van der Waals surface area contributed by atoms with Crippen LogP contribution in [0.5, 0.6) is 0 Å². The van der Waals surface area contributed by atoms with Crippen molar-refractivity contribution in [2.24, 2.45) is 5.73 Å². The minimum atomic E-state index is -0.213. The normalized spacial score (nSPS) is 11.9. The van der Waals surface area contributed by atoms with E-state index >= 15 is 0 Å². The number of hydrogen-bond donors (Lipinski definition) is 2. The third-order valence-corrected chi connectivity index (χ3v) is 4.79. The Kier molecular flexibility index (Phi) is 25.5. The lowest BCUT2D eigenvalue weighted by Gasteiger charge is -2.28. The molecule has 27 heavy (non-hydrogen) atoms. The van der Waals surface area contributed by atoms with Gasteiger partial charge in [-0.05, 0) is 6.42 Å². The van der Waals surface area contributed by atoms with E-state index in [1.807, 2.05) is 28.1 Å². The third-order valence-electron chi connectivity index (χ3n) is 4.79. The molecular formula is C22H49ClN2O2. The topological polar surface area (TPSA) is 63.3 Å². The number of unbranched alkanes of at least 4 members (excludes halogenated alkanes) is 12. The van der Waals surface area contributed by atoms with Crippen LogP contribution in [0.15, 0.2) is 0 Å². The molecule has 1 unspecified atom stereocenters. The van der Waals surface area contributed by atoms with Crippen LogP contribution in [0.4, 0.5) is 0 Å². The van der Waals surface area contributed by atoms with Crippen molar-refractivity contribution < 1.29 is 26.8 Å². The second-order valence-electron chi connectivity index (χ2n) is 8.46. The van der Waals surface area contributed by atoms with Gasteiger partial charge in [-0.25, -0.2) is 0 Å². The minimum absolute atomic E-state index is 0. The zero-order chi connectivity index (χ0) is 20.3. The van der Waals surface area contributed by atoms with E-state index < -0.39 is 0 Å². The fourth-order valence-corrected chi connectivity index (χ4v) is 2.86. The Bertz CT molecular complexity index is 307. The van der Waals surface area contributed by atoms with Gasteiger partial charge < -0.3 is 27.7 Å². The largest absolute Gasteiger partial charge is 1.00 e. The number of carbonyl (C=O) groups excluding carboxylic acids is 1. The van der Waals surface area contributed by atoms with E-state index in [4.69, 9.17) is 10.8 Å². The number of hydrogen-bond acceptors (Lipinski definition) is 2. The summed E-state index contributed by atoms with van der Waals surface area (Å²) in [5.41, 5.74) is 5.09. The van der Waals surface area contributed by atoms with E-state index in [9.17, 15) is 4.79 Å². The molecule has 0 spiro atoms. The Morgan fingerprint density at radius 1 is 0.778 bits per heavy atom. The van der Waals surface area contributed by atoms with Crippen LogP contribution in [0.1, 0.15) is 110 Å². The summed E-state index contributed by atoms with van der Waals surface area (Å²) >= 11 is 0. The molecule has 3 N–H and O–H groups in total. The number of aliphatic hydroxyl groups excluding tert-OH is 1. The van der Waals surface area contributed by atoms with Gasteiger partial charge in [0.25, 0.3) is 0 Å². The Labute approximate surface area is 176 Å². The number of amides is 1. The molecule has 0 aliphatic carbocycles. The number of rotatable bonds is 16. The van der Waals surface area contributed by atoms with Crippen molar-refractivity contribution in [3.05, 3.63) is 0 Å². The fraction of sp³-hybridized carbons (Fsp3) is 0.955. The van der Waals surface area contributed by atoms with Crippen molar-refractivity contribution >= 4 is 5.91 Å². The summed E-state index contributed by atoms with van der Waals surface area (Å²) in [6.07, 6.45) is 18.5. The highest BCUT2D eigenvalue weighted by molar-refractivity contribution is 5.73. The predicted molar refractivity (Wildman–Crippen MR) is 114 cm³/mol. The lowest BCUT2D eigenvalue weighted by molar-refractivity contribution is -0.918. The zero-order valence-electron chi connectivity index (χ0n) is 18.9. The van der Waals surface area contributed by atoms with Gasteiger partial charge in [0.05, 0.1) is 21.1 Å². The van der Waals surface area contributed by atoms with Gasteiger partial charge in [0.15, 0.2) is 6.23 Å². The minimum Gasteiger partial charge on any atom is -1.00 e. The molecule has 0 aromatic carbocycles. The van der Waals surface area contributed by atoms with E-state index in [0.717, 1.165) is 12.8 Å². The van der Waals surface area contributed by atoms with E-state index in [0.29, 0.717) is 10.9 Å². The SMILES string of the molecule is CCC(O)[N+](C)(C)C.CCCCCCCCCCCCCCCC(N)=O.[Cl-]. The van der Waals surface area contributed by atoms with E-state index in [2.05, 4.69) is 6.92 Å². The van der Waals surface area contributed by atoms with E-state index in [-0.39, 0.29) is 24.5 Å². The van der Waals surface area contributed by atoms with Crippen LogP contribution in [0.3, 0.4) is 0 Å². The first-order valence-electron chi connectivity index (χ1n) is 11.0. The highest BCUT2D eigenvalue weighted by Gasteiger charge is 2.16. The van der Waals surface area contributed by atoms with Gasteiger partial charge in [-0.1, -0.05) is 90.9 Å². The van der Waals surface area contributed by atoms with Crippen molar-refractivity contribution in [3.63, 3.8) is 0 Å². The van der Waals surface area contributed by atoms with Crippen LogP contribution in [-0.4, -0.2) is 42.9 Å². The molecule has 0 aromatic rings. The molecule has 4 nitrogen and oxygen atoms in total. The van der Waals surface area contributed by atoms with Crippen molar-refractivity contribution in [1.29, 1.82) is 0 Å². The zero-order valence-corrected chi connectivity index (χ0v) is 19.7. The molecule has 0 aromatic heterocycles. The molecule has 0 radical (unpaired) electrons. The molecule has 0 fully saturated rings. The predicted octanol–water partition coefficient (Wildman–Crippen LogP) is 2.38. The standard InChI is InChI=1S/C16H33NO.C6H16NO.ClH/c1-2-3-4-5-6-7-8-9-10-11-12-13-14-15-16(17)18;1-5-6(8)7(2,3)4;/h2-15H2,1H3,(H2,17,18);6,8H,5H2,1-4H3;1H/q;+1;/p-1. The molecule has 166 valence electrons. The van der Waals surface area contributed by atoms with Gasteiger partial charge in [-0.2, -0.15) is 0 Å². The van der Waals surface area contributed by atoms with Gasteiger partial charge in [0.2, 0.25) is 5.91 Å². The van der Waals surface area contributed by atoms with Gasteiger partial charge in [0.1, 0.15) is 0 Å². The maximum Gasteiger partial charge on any atom is 0.217 e. The van der Waals surface area contributed by atoms with Crippen molar-refractivity contribution in [1.82, 2.24) is 0 Å². The molecule has 5 heteroatoms. The number of nitrogens with two attached hydrogens (primary N) is 1. The Hall–Kier alpha value is -0.320. The number of primary amides is 1. The van der Waals surface area contributed by atoms with Gasteiger partial charge in [-0.15, -0.1) is 0 Å². The number of aliphatic hydroxyl groups is 1. The lowest BCUT2D eigenvalue weighted by atomic mass is 10.0. The van der Waals surface area contributed by atoms with E-state index in [1.54, 1.807) is 0 Å². The molecule has 0 saturated heterocycles. The summed E-state index contributed by atoms with van der Waals surface area (Å²) < 4.78 is 0.635. The summed E-state index contributed by atoms with van der Waals surface area (Å²) in [6, 6.07) is 0. The average Bonchev–Trinajstić information content (AvgIpc) is 2.57. The fourth-order valence-electron chi connectivity index (χ4n) is 2.86. The number of quaternary nitrogens is 1. The highest BCUT2D eigenvalue weighted by atomic mass is 35.5. The number of nitrogens with zero attached hydrogens (tertiary/aromatic N) is 1. The van der Waals surface area contributed by atoms with Crippen molar-refractivity contribution in [3.8, 4) is 0 Å². The van der Waals surface area contributed by atoms with Gasteiger partial charge in [-0.3, -0.25) is 4.79 Å². The highest BCUT2D eigenvalue weighted by Crippen LogP contribution is 2.12. The summed E-state index contributed by atoms with van der Waals surface area (Å²) in [6.45, 7) is 4.25. The quantitative estimate of drug-likeness (QED) is 0.234. The molecule has 0 saturated carbocycles. The molecule has 1 atom stereocenters. The molecular weight excluding hydrogens is 360 g/mol. The second kappa shape index (κ2) is 22.0. The smallest absolute Gasteiger partial charge is 0.217 e. The van der Waals surface area contributed by atoms with Crippen LogP contribution in [0.25, 0.3) is 0 Å². The van der Waals surface area contributed by atoms with E-state index in [1.165, 1.54) is 77.0 Å². The van der Waals surface area contributed by atoms with Gasteiger partial charge in [0, 0.05) is 12.8 Å². The van der Waals surface area contributed by atoms with Crippen LogP contribution in [0.2, 0.25) is 0 Å². The van der Waals surface area contributed by atoms with Crippen LogP contribution < -0.4 is 18.1 Å². The van der Waals surface area contributed by atoms with Crippen molar-refractivity contribution in [2.45, 2.75) is 116 Å². The average molecular weight is 409 g/mol. The first-order chi connectivity index (χ1) is 12.3.